The highest BCUT2D eigenvalue weighted by Crippen LogP contribution is 2.33. The smallest absolute Gasteiger partial charge is 0.253 e. The molecule has 33 heavy (non-hydrogen) atoms. The van der Waals surface area contributed by atoms with Gasteiger partial charge in [0.2, 0.25) is 0 Å². The number of nitrogens with one attached hydrogen (secondary N) is 2. The maximum atomic E-state index is 12.7. The molecule has 0 atom stereocenters. The van der Waals surface area contributed by atoms with E-state index in [1.165, 1.54) is 35.2 Å². The van der Waals surface area contributed by atoms with Crippen LogP contribution in [0.4, 0.5) is 5.69 Å². The number of hydrogen-bond acceptors (Lipinski definition) is 5. The molecule has 2 heterocycles. The largest absolute Gasteiger partial charge is 0.388 e. The van der Waals surface area contributed by atoms with Crippen molar-refractivity contribution in [2.75, 3.05) is 31.2 Å². The normalized spacial score (nSPS) is 17.5. The molecular weight excluding hydrogens is 428 g/mol. The van der Waals surface area contributed by atoms with Gasteiger partial charge in [-0.15, -0.1) is 11.8 Å². The molecule has 2 aliphatic heterocycles. The number of carbonyl (C=O) groups is 1. The summed E-state index contributed by atoms with van der Waals surface area (Å²) >= 11 is 1.91. The summed E-state index contributed by atoms with van der Waals surface area (Å²) in [7, 11) is 1.97. The van der Waals surface area contributed by atoms with E-state index in [-0.39, 0.29) is 5.91 Å². The van der Waals surface area contributed by atoms with E-state index in [4.69, 9.17) is 4.99 Å². The molecule has 1 amide bonds. The third-order valence-electron chi connectivity index (χ3n) is 6.69. The van der Waals surface area contributed by atoms with Crippen LogP contribution in [0, 0.1) is 25.7 Å². The van der Waals surface area contributed by atoms with Gasteiger partial charge in [0, 0.05) is 50.8 Å². The number of piperidine rings is 1. The zero-order chi connectivity index (χ0) is 23.7. The Morgan fingerprint density at radius 1 is 1.12 bits per heavy atom. The molecular formula is C27H40N4OS. The lowest BCUT2D eigenvalue weighted by Crippen LogP contribution is -2.47. The summed E-state index contributed by atoms with van der Waals surface area (Å²) in [6.45, 7) is 8.41. The summed E-state index contributed by atoms with van der Waals surface area (Å²) in [6, 6.07) is 4.45. The van der Waals surface area contributed by atoms with E-state index < -0.39 is 5.54 Å². The third-order valence-corrected chi connectivity index (χ3v) is 7.80. The van der Waals surface area contributed by atoms with Crippen molar-refractivity contribution in [1.82, 2.24) is 9.62 Å². The fraction of sp³-hybridized carbons (Fsp3) is 0.630. The number of carbonyl (C=O) groups excluding carboxylic acids is 1. The number of aliphatic imine (C=N–C) groups is 1. The number of anilines is 1. The molecule has 3 rings (SSSR count). The van der Waals surface area contributed by atoms with Gasteiger partial charge in [-0.25, -0.2) is 0 Å². The second-order valence-electron chi connectivity index (χ2n) is 9.21. The molecule has 1 spiro atoms. The predicted octanol–water partition coefficient (Wildman–Crippen LogP) is 5.26. The maximum Gasteiger partial charge on any atom is 0.253 e. The maximum absolute atomic E-state index is 12.7. The Bertz CT molecular complexity index is 883. The van der Waals surface area contributed by atoms with Crippen molar-refractivity contribution in [1.29, 1.82) is 0 Å². The standard InChI is InChI=1S/C27H40N4OS/c1-5-6-7-8-9-10-11-12-25-29-26(32)27(30-25)14-16-31(17-15-27)33-18-13-24-21(2)19-23(28-4)20-22(24)3/h19-20,28H,5-7,10-18H2,1-4H3,(H,29,30,32). The highest BCUT2D eigenvalue weighted by Gasteiger charge is 2.45. The Hall–Kier alpha value is -1.97. The number of nitrogens with zero attached hydrogens (tertiary/aromatic N) is 2. The fourth-order valence-electron chi connectivity index (χ4n) is 4.62. The molecule has 6 heteroatoms. The van der Waals surface area contributed by atoms with Gasteiger partial charge in [-0.3, -0.25) is 14.1 Å². The van der Waals surface area contributed by atoms with Gasteiger partial charge in [0.15, 0.2) is 0 Å². The van der Waals surface area contributed by atoms with Crippen LogP contribution in [0.1, 0.15) is 75.0 Å². The van der Waals surface area contributed by atoms with Crippen molar-refractivity contribution in [3.63, 3.8) is 0 Å². The van der Waals surface area contributed by atoms with Gasteiger partial charge in [0.25, 0.3) is 5.91 Å². The summed E-state index contributed by atoms with van der Waals surface area (Å²) in [5.74, 6) is 8.51. The second kappa shape index (κ2) is 12.5. The molecule has 0 unspecified atom stereocenters. The first-order valence-corrected chi connectivity index (χ1v) is 13.4. The van der Waals surface area contributed by atoms with Gasteiger partial charge in [0.05, 0.1) is 0 Å². The summed E-state index contributed by atoms with van der Waals surface area (Å²) in [4.78, 5) is 17.6. The van der Waals surface area contributed by atoms with Crippen LogP contribution < -0.4 is 10.6 Å². The minimum absolute atomic E-state index is 0.104. The van der Waals surface area contributed by atoms with Crippen LogP contribution in [0.2, 0.25) is 0 Å². The van der Waals surface area contributed by atoms with E-state index in [9.17, 15) is 4.79 Å². The Kier molecular flexibility index (Phi) is 9.70. The molecule has 0 aromatic heterocycles. The predicted molar refractivity (Wildman–Crippen MR) is 142 cm³/mol. The Morgan fingerprint density at radius 2 is 1.79 bits per heavy atom. The molecule has 1 aromatic carbocycles. The molecule has 5 nitrogen and oxygen atoms in total. The number of unbranched alkanes of at least 4 members (excludes halogenated alkanes) is 3. The summed E-state index contributed by atoms with van der Waals surface area (Å²) in [6.07, 6.45) is 8.71. The Balaban J connectivity index is 1.42. The molecule has 0 saturated carbocycles. The monoisotopic (exact) mass is 468 g/mol. The number of amidine groups is 1. The molecule has 180 valence electrons. The number of rotatable bonds is 10. The summed E-state index contributed by atoms with van der Waals surface area (Å²) < 4.78 is 2.42. The molecule has 1 aromatic rings. The lowest BCUT2D eigenvalue weighted by Gasteiger charge is -2.34. The van der Waals surface area contributed by atoms with E-state index in [1.807, 2.05) is 19.0 Å². The van der Waals surface area contributed by atoms with Crippen LogP contribution in [0.25, 0.3) is 0 Å². The molecule has 0 bridgehead atoms. The highest BCUT2D eigenvalue weighted by atomic mass is 32.2. The lowest BCUT2D eigenvalue weighted by molar-refractivity contribution is -0.124. The van der Waals surface area contributed by atoms with Crippen LogP contribution in [0.15, 0.2) is 17.1 Å². The second-order valence-corrected chi connectivity index (χ2v) is 10.4. The summed E-state index contributed by atoms with van der Waals surface area (Å²) in [5, 5.41) is 6.29. The molecule has 2 N–H and O–H groups in total. The van der Waals surface area contributed by atoms with Crippen molar-refractivity contribution in [2.24, 2.45) is 4.99 Å². The van der Waals surface area contributed by atoms with Crippen LogP contribution >= 0.6 is 11.9 Å². The van der Waals surface area contributed by atoms with Gasteiger partial charge >= 0.3 is 0 Å². The average molecular weight is 469 g/mol. The van der Waals surface area contributed by atoms with Crippen molar-refractivity contribution >= 4 is 29.4 Å². The first-order chi connectivity index (χ1) is 16.0. The average Bonchev–Trinajstić information content (AvgIpc) is 3.10. The van der Waals surface area contributed by atoms with Gasteiger partial charge in [-0.1, -0.05) is 25.3 Å². The van der Waals surface area contributed by atoms with E-state index in [1.54, 1.807) is 0 Å². The van der Waals surface area contributed by atoms with Crippen molar-refractivity contribution < 1.29 is 4.79 Å². The minimum Gasteiger partial charge on any atom is -0.388 e. The van der Waals surface area contributed by atoms with Crippen molar-refractivity contribution in [2.45, 2.75) is 84.1 Å². The van der Waals surface area contributed by atoms with Crippen LogP contribution in [0.5, 0.6) is 0 Å². The quantitative estimate of drug-likeness (QED) is 0.279. The topological polar surface area (TPSA) is 56.7 Å². The molecule has 1 saturated heterocycles. The van der Waals surface area contributed by atoms with E-state index in [0.29, 0.717) is 0 Å². The first-order valence-electron chi connectivity index (χ1n) is 12.5. The van der Waals surface area contributed by atoms with E-state index in [2.05, 4.69) is 59.7 Å². The molecule has 1 fully saturated rings. The molecule has 0 radical (unpaired) electrons. The number of benzene rings is 1. The van der Waals surface area contributed by atoms with Crippen LogP contribution in [0.3, 0.4) is 0 Å². The number of aryl methyl sites for hydroxylation is 2. The third kappa shape index (κ3) is 7.01. The zero-order valence-electron chi connectivity index (χ0n) is 20.9. The van der Waals surface area contributed by atoms with Gasteiger partial charge in [0.1, 0.15) is 11.4 Å². The zero-order valence-corrected chi connectivity index (χ0v) is 21.7. The van der Waals surface area contributed by atoms with E-state index in [0.717, 1.165) is 69.6 Å². The van der Waals surface area contributed by atoms with Gasteiger partial charge in [-0.2, -0.15) is 0 Å². The van der Waals surface area contributed by atoms with Gasteiger partial charge < -0.3 is 10.6 Å². The Morgan fingerprint density at radius 3 is 2.42 bits per heavy atom. The fourth-order valence-corrected chi connectivity index (χ4v) is 5.62. The van der Waals surface area contributed by atoms with Crippen molar-refractivity contribution in [3.8, 4) is 11.8 Å². The molecule has 0 aliphatic carbocycles. The van der Waals surface area contributed by atoms with Gasteiger partial charge in [-0.05, 0) is 74.8 Å². The Labute approximate surface area is 204 Å². The van der Waals surface area contributed by atoms with Crippen molar-refractivity contribution in [3.05, 3.63) is 28.8 Å². The number of amides is 1. The SMILES string of the molecule is CCCCC#CCCCC1=NC2(CCN(SCCc3c(C)cc(NC)cc3C)CC2)C(=O)N1. The first kappa shape index (κ1) is 25.6. The molecule has 2 aliphatic rings. The van der Waals surface area contributed by atoms with Crippen LogP contribution in [-0.2, 0) is 11.2 Å². The highest BCUT2D eigenvalue weighted by molar-refractivity contribution is 7.97. The van der Waals surface area contributed by atoms with Crippen LogP contribution in [-0.4, -0.2) is 47.5 Å². The lowest BCUT2D eigenvalue weighted by atomic mass is 9.89. The number of hydrogen-bond donors (Lipinski definition) is 2. The summed E-state index contributed by atoms with van der Waals surface area (Å²) in [5.41, 5.74) is 4.81. The minimum atomic E-state index is -0.532. The van der Waals surface area contributed by atoms with E-state index >= 15 is 0 Å².